The van der Waals surface area contributed by atoms with Crippen LogP contribution in [0.25, 0.3) is 0 Å². The zero-order valence-corrected chi connectivity index (χ0v) is 7.84. The molecule has 0 saturated carbocycles. The maximum Gasteiger partial charge on any atom is 0.221 e. The maximum absolute atomic E-state index is 10.5. The van der Waals surface area contributed by atoms with E-state index in [1.807, 2.05) is 0 Å². The number of carbonyl (C=O) groups excluding carboxylic acids is 1. The first-order chi connectivity index (χ1) is 6.40. The molecule has 0 aliphatic rings. The Morgan fingerprint density at radius 2 is 1.93 bits per heavy atom. The van der Waals surface area contributed by atoms with Crippen LogP contribution in [0, 0.1) is 0 Å². The molecule has 0 aliphatic heterocycles. The summed E-state index contributed by atoms with van der Waals surface area (Å²) in [5.41, 5.74) is -0.127. The van der Waals surface area contributed by atoms with Crippen LogP contribution >= 0.6 is 0 Å². The quantitative estimate of drug-likeness (QED) is 0.347. The van der Waals surface area contributed by atoms with E-state index in [4.69, 9.17) is 10.2 Å². The molecule has 0 heterocycles. The van der Waals surface area contributed by atoms with Gasteiger partial charge in [0.05, 0.1) is 6.61 Å². The van der Waals surface area contributed by atoms with Gasteiger partial charge >= 0.3 is 0 Å². The van der Waals surface area contributed by atoms with E-state index < -0.39 is 30.8 Å². The summed E-state index contributed by atoms with van der Waals surface area (Å²) in [6, 6.07) is 0. The first kappa shape index (κ1) is 13.1. The Hall–Kier alpha value is -0.950. The monoisotopic (exact) mass is 205 g/mol. The van der Waals surface area contributed by atoms with E-state index in [-0.39, 0.29) is 5.70 Å². The third kappa shape index (κ3) is 3.84. The topological polar surface area (TPSA) is 110 Å². The Bertz CT molecular complexity index is 218. The predicted molar refractivity (Wildman–Crippen MR) is 48.1 cm³/mol. The first-order valence-corrected chi connectivity index (χ1v) is 4.01. The van der Waals surface area contributed by atoms with Crippen molar-refractivity contribution < 1.29 is 25.2 Å². The number of aliphatic hydroxyl groups is 4. The van der Waals surface area contributed by atoms with Gasteiger partial charge in [0.15, 0.2) is 0 Å². The molecule has 6 nitrogen and oxygen atoms in total. The normalized spacial score (nSPS) is 16.9. The van der Waals surface area contributed by atoms with Gasteiger partial charge < -0.3 is 25.7 Å². The van der Waals surface area contributed by atoms with Gasteiger partial charge in [0.25, 0.3) is 0 Å². The third-order valence-corrected chi connectivity index (χ3v) is 1.60. The Kier molecular flexibility index (Phi) is 5.32. The van der Waals surface area contributed by atoms with Crippen molar-refractivity contribution in [1.29, 1.82) is 0 Å². The van der Waals surface area contributed by atoms with Crippen molar-refractivity contribution in [3.05, 3.63) is 12.3 Å². The summed E-state index contributed by atoms with van der Waals surface area (Å²) in [5, 5.41) is 38.1. The van der Waals surface area contributed by atoms with E-state index in [1.165, 1.54) is 6.92 Å². The van der Waals surface area contributed by atoms with Gasteiger partial charge in [-0.25, -0.2) is 0 Å². The highest BCUT2D eigenvalue weighted by atomic mass is 16.4. The van der Waals surface area contributed by atoms with E-state index >= 15 is 0 Å². The summed E-state index contributed by atoms with van der Waals surface area (Å²) in [5.74, 6) is -0.445. The average Bonchev–Trinajstić information content (AvgIpc) is 2.13. The second kappa shape index (κ2) is 5.71. The minimum Gasteiger partial charge on any atom is -0.394 e. The van der Waals surface area contributed by atoms with Gasteiger partial charge in [0.1, 0.15) is 18.3 Å². The third-order valence-electron chi connectivity index (χ3n) is 1.60. The molecule has 0 fully saturated rings. The lowest BCUT2D eigenvalue weighted by molar-refractivity contribution is -0.119. The van der Waals surface area contributed by atoms with Gasteiger partial charge in [0.2, 0.25) is 5.91 Å². The second-order valence-corrected chi connectivity index (χ2v) is 2.89. The molecule has 0 spiro atoms. The lowest BCUT2D eigenvalue weighted by Gasteiger charge is -2.23. The van der Waals surface area contributed by atoms with Crippen LogP contribution in [0.2, 0.25) is 0 Å². The van der Waals surface area contributed by atoms with Crippen molar-refractivity contribution in [2.75, 3.05) is 6.61 Å². The van der Waals surface area contributed by atoms with Crippen LogP contribution in [0.15, 0.2) is 12.3 Å². The smallest absolute Gasteiger partial charge is 0.221 e. The summed E-state index contributed by atoms with van der Waals surface area (Å²) in [7, 11) is 0. The first-order valence-electron chi connectivity index (χ1n) is 4.01. The fraction of sp³-hybridized carbons (Fsp3) is 0.625. The molecular weight excluding hydrogens is 190 g/mol. The molecule has 1 amide bonds. The molecule has 82 valence electrons. The van der Waals surface area contributed by atoms with Crippen LogP contribution < -0.4 is 5.32 Å². The van der Waals surface area contributed by atoms with Crippen LogP contribution in [-0.2, 0) is 4.79 Å². The Balaban J connectivity index is 4.23. The molecule has 5 N–H and O–H groups in total. The number of carbonyl (C=O) groups is 1. The van der Waals surface area contributed by atoms with Crippen molar-refractivity contribution in [1.82, 2.24) is 5.32 Å². The second-order valence-electron chi connectivity index (χ2n) is 2.89. The van der Waals surface area contributed by atoms with Crippen LogP contribution in [0.5, 0.6) is 0 Å². The highest BCUT2D eigenvalue weighted by Gasteiger charge is 2.26. The average molecular weight is 205 g/mol. The van der Waals surface area contributed by atoms with Crippen molar-refractivity contribution in [3.63, 3.8) is 0 Å². The fourth-order valence-electron chi connectivity index (χ4n) is 0.825. The maximum atomic E-state index is 10.5. The molecule has 0 rings (SSSR count). The van der Waals surface area contributed by atoms with Crippen molar-refractivity contribution in [2.45, 2.75) is 25.2 Å². The Morgan fingerprint density at radius 3 is 2.29 bits per heavy atom. The molecule has 0 unspecified atom stereocenters. The highest BCUT2D eigenvalue weighted by Crippen LogP contribution is 2.05. The van der Waals surface area contributed by atoms with Crippen LogP contribution in [0.4, 0.5) is 0 Å². The minimum absolute atomic E-state index is 0.127. The van der Waals surface area contributed by atoms with E-state index in [0.29, 0.717) is 0 Å². The number of hydrogen-bond acceptors (Lipinski definition) is 5. The zero-order valence-electron chi connectivity index (χ0n) is 7.84. The SMILES string of the molecule is C=C(NC(C)=O)[C@@H](O)[C@H](O)[C@H](O)CO. The summed E-state index contributed by atoms with van der Waals surface area (Å²) in [6.45, 7) is 3.82. The number of nitrogens with one attached hydrogen (secondary N) is 1. The Labute approximate surface area is 81.5 Å². The molecule has 0 bridgehead atoms. The van der Waals surface area contributed by atoms with E-state index in [1.54, 1.807) is 0 Å². The molecular formula is C8H15NO5. The van der Waals surface area contributed by atoms with E-state index in [9.17, 15) is 15.0 Å². The molecule has 0 radical (unpaired) electrons. The van der Waals surface area contributed by atoms with Crippen molar-refractivity contribution in [3.8, 4) is 0 Å². The fourth-order valence-corrected chi connectivity index (χ4v) is 0.825. The van der Waals surface area contributed by atoms with Crippen LogP contribution in [-0.4, -0.2) is 51.3 Å². The largest absolute Gasteiger partial charge is 0.394 e. The van der Waals surface area contributed by atoms with Gasteiger partial charge in [0, 0.05) is 12.6 Å². The zero-order chi connectivity index (χ0) is 11.3. The highest BCUT2D eigenvalue weighted by molar-refractivity contribution is 5.74. The van der Waals surface area contributed by atoms with Crippen LogP contribution in [0.1, 0.15) is 6.92 Å². The molecule has 3 atom stereocenters. The number of aliphatic hydroxyl groups excluding tert-OH is 4. The van der Waals surface area contributed by atoms with Crippen molar-refractivity contribution >= 4 is 5.91 Å². The standard InChI is InChI=1S/C8H15NO5/c1-4(9-5(2)11)7(13)8(14)6(12)3-10/h6-8,10,12-14H,1,3H2,2H3,(H,9,11)/t6-,7-,8-/m1/s1. The van der Waals surface area contributed by atoms with Crippen LogP contribution in [0.3, 0.4) is 0 Å². The van der Waals surface area contributed by atoms with E-state index in [2.05, 4.69) is 11.9 Å². The lowest BCUT2D eigenvalue weighted by Crippen LogP contribution is -2.43. The van der Waals surface area contributed by atoms with Crippen molar-refractivity contribution in [2.24, 2.45) is 0 Å². The number of rotatable bonds is 5. The summed E-state index contributed by atoms with van der Waals surface area (Å²) in [6.07, 6.45) is -4.57. The van der Waals surface area contributed by atoms with Gasteiger partial charge in [-0.3, -0.25) is 4.79 Å². The molecule has 0 aliphatic carbocycles. The van der Waals surface area contributed by atoms with Gasteiger partial charge in [-0.05, 0) is 0 Å². The van der Waals surface area contributed by atoms with Gasteiger partial charge in [-0.1, -0.05) is 6.58 Å². The van der Waals surface area contributed by atoms with Gasteiger partial charge in [-0.2, -0.15) is 0 Å². The molecule has 0 aromatic rings. The summed E-state index contributed by atoms with van der Waals surface area (Å²) < 4.78 is 0. The predicted octanol–water partition coefficient (Wildman–Crippen LogP) is -2.29. The number of hydrogen-bond donors (Lipinski definition) is 5. The molecule has 0 aromatic carbocycles. The molecule has 0 saturated heterocycles. The molecule has 14 heavy (non-hydrogen) atoms. The molecule has 0 aromatic heterocycles. The molecule has 6 heteroatoms. The van der Waals surface area contributed by atoms with E-state index in [0.717, 1.165) is 0 Å². The lowest BCUT2D eigenvalue weighted by atomic mass is 10.1. The summed E-state index contributed by atoms with van der Waals surface area (Å²) >= 11 is 0. The summed E-state index contributed by atoms with van der Waals surface area (Å²) in [4.78, 5) is 10.5. The minimum atomic E-state index is -1.58. The Morgan fingerprint density at radius 1 is 1.43 bits per heavy atom. The van der Waals surface area contributed by atoms with Gasteiger partial charge in [-0.15, -0.1) is 0 Å². The number of amides is 1.